The average Bonchev–Trinajstić information content (AvgIpc) is 2.40. The third-order valence-corrected chi connectivity index (χ3v) is 4.33. The number of rotatable bonds is 5. The highest BCUT2D eigenvalue weighted by molar-refractivity contribution is 7.99. The van der Waals surface area contributed by atoms with Gasteiger partial charge in [-0.3, -0.25) is 0 Å². The monoisotopic (exact) mass is 265 g/mol. The Balaban J connectivity index is 2.04. The van der Waals surface area contributed by atoms with Crippen LogP contribution in [0.25, 0.3) is 0 Å². The lowest BCUT2D eigenvalue weighted by molar-refractivity contribution is 0.318. The molecule has 0 aliphatic carbocycles. The standard InChI is InChI=1S/C15H23NOS/c1-3-8-17-15-10-12(2)6-7-14(15)16-13-5-4-9-18-11-13/h6-7,10,13,16H,3-5,8-9,11H2,1-2H3. The first-order valence-corrected chi connectivity index (χ1v) is 8.03. The molecular formula is C15H23NOS. The fourth-order valence-corrected chi connectivity index (χ4v) is 3.23. The van der Waals surface area contributed by atoms with Crippen molar-refractivity contribution in [2.75, 3.05) is 23.4 Å². The van der Waals surface area contributed by atoms with Gasteiger partial charge in [0, 0.05) is 11.8 Å². The molecule has 1 atom stereocenters. The highest BCUT2D eigenvalue weighted by atomic mass is 32.2. The normalized spacial score (nSPS) is 19.6. The van der Waals surface area contributed by atoms with E-state index < -0.39 is 0 Å². The van der Waals surface area contributed by atoms with Crippen molar-refractivity contribution in [2.24, 2.45) is 0 Å². The van der Waals surface area contributed by atoms with Gasteiger partial charge in [-0.2, -0.15) is 11.8 Å². The van der Waals surface area contributed by atoms with E-state index in [1.807, 2.05) is 11.8 Å². The van der Waals surface area contributed by atoms with Gasteiger partial charge in [0.15, 0.2) is 0 Å². The first kappa shape index (κ1) is 13.6. The average molecular weight is 265 g/mol. The molecular weight excluding hydrogens is 242 g/mol. The Kier molecular flexibility index (Phi) is 5.24. The summed E-state index contributed by atoms with van der Waals surface area (Å²) in [6, 6.07) is 7.03. The molecule has 0 spiro atoms. The lowest BCUT2D eigenvalue weighted by Crippen LogP contribution is -2.26. The van der Waals surface area contributed by atoms with E-state index >= 15 is 0 Å². The molecule has 2 nitrogen and oxygen atoms in total. The smallest absolute Gasteiger partial charge is 0.142 e. The molecule has 0 amide bonds. The Morgan fingerprint density at radius 3 is 3.06 bits per heavy atom. The Morgan fingerprint density at radius 2 is 2.33 bits per heavy atom. The molecule has 0 saturated carbocycles. The summed E-state index contributed by atoms with van der Waals surface area (Å²) in [4.78, 5) is 0. The van der Waals surface area contributed by atoms with Crippen molar-refractivity contribution in [1.29, 1.82) is 0 Å². The Labute approximate surface area is 114 Å². The summed E-state index contributed by atoms with van der Waals surface area (Å²) in [7, 11) is 0. The van der Waals surface area contributed by atoms with Crippen molar-refractivity contribution in [3.8, 4) is 5.75 Å². The molecule has 1 N–H and O–H groups in total. The van der Waals surface area contributed by atoms with E-state index in [-0.39, 0.29) is 0 Å². The fraction of sp³-hybridized carbons (Fsp3) is 0.600. The van der Waals surface area contributed by atoms with Crippen LogP contribution < -0.4 is 10.1 Å². The number of thioether (sulfide) groups is 1. The van der Waals surface area contributed by atoms with Crippen LogP contribution in [0.2, 0.25) is 0 Å². The van der Waals surface area contributed by atoms with E-state index in [9.17, 15) is 0 Å². The van der Waals surface area contributed by atoms with Gasteiger partial charge in [0.25, 0.3) is 0 Å². The first-order valence-electron chi connectivity index (χ1n) is 6.87. The Bertz CT molecular complexity index is 375. The predicted molar refractivity (Wildman–Crippen MR) is 80.9 cm³/mol. The largest absolute Gasteiger partial charge is 0.491 e. The zero-order chi connectivity index (χ0) is 12.8. The van der Waals surface area contributed by atoms with Crippen molar-refractivity contribution in [1.82, 2.24) is 0 Å². The quantitative estimate of drug-likeness (QED) is 0.866. The van der Waals surface area contributed by atoms with Gasteiger partial charge in [-0.15, -0.1) is 0 Å². The molecule has 100 valence electrons. The molecule has 0 radical (unpaired) electrons. The maximum atomic E-state index is 5.84. The zero-order valence-corrected chi connectivity index (χ0v) is 12.2. The number of nitrogens with one attached hydrogen (secondary N) is 1. The molecule has 1 unspecified atom stereocenters. The van der Waals surface area contributed by atoms with Crippen molar-refractivity contribution in [3.05, 3.63) is 23.8 Å². The number of anilines is 1. The van der Waals surface area contributed by atoms with E-state index in [0.29, 0.717) is 6.04 Å². The van der Waals surface area contributed by atoms with Crippen LogP contribution in [0.3, 0.4) is 0 Å². The molecule has 3 heteroatoms. The topological polar surface area (TPSA) is 21.3 Å². The maximum absolute atomic E-state index is 5.84. The lowest BCUT2D eigenvalue weighted by Gasteiger charge is -2.25. The minimum absolute atomic E-state index is 0.593. The van der Waals surface area contributed by atoms with E-state index in [2.05, 4.69) is 37.4 Å². The van der Waals surface area contributed by atoms with Crippen LogP contribution in [0.4, 0.5) is 5.69 Å². The summed E-state index contributed by atoms with van der Waals surface area (Å²) >= 11 is 2.05. The summed E-state index contributed by atoms with van der Waals surface area (Å²) in [5.74, 6) is 3.53. The number of hydrogen-bond donors (Lipinski definition) is 1. The summed E-state index contributed by atoms with van der Waals surface area (Å²) < 4.78 is 5.84. The summed E-state index contributed by atoms with van der Waals surface area (Å²) in [6.07, 6.45) is 3.64. The maximum Gasteiger partial charge on any atom is 0.142 e. The highest BCUT2D eigenvalue weighted by Gasteiger charge is 2.15. The van der Waals surface area contributed by atoms with E-state index in [4.69, 9.17) is 4.74 Å². The van der Waals surface area contributed by atoms with Crippen LogP contribution in [0.5, 0.6) is 5.75 Å². The van der Waals surface area contributed by atoms with E-state index in [1.165, 1.54) is 29.9 Å². The molecule has 1 fully saturated rings. The van der Waals surface area contributed by atoms with Gasteiger partial charge >= 0.3 is 0 Å². The highest BCUT2D eigenvalue weighted by Crippen LogP contribution is 2.29. The number of hydrogen-bond acceptors (Lipinski definition) is 3. The minimum Gasteiger partial charge on any atom is -0.491 e. The molecule has 18 heavy (non-hydrogen) atoms. The van der Waals surface area contributed by atoms with Crippen LogP contribution in [0.15, 0.2) is 18.2 Å². The van der Waals surface area contributed by atoms with Gasteiger partial charge in [0.05, 0.1) is 12.3 Å². The fourth-order valence-electron chi connectivity index (χ4n) is 2.15. The second-order valence-electron chi connectivity index (χ2n) is 4.91. The molecule has 1 aliphatic rings. The molecule has 1 heterocycles. The molecule has 1 aliphatic heterocycles. The molecule has 2 rings (SSSR count). The van der Waals surface area contributed by atoms with E-state index in [0.717, 1.165) is 24.5 Å². The third kappa shape index (κ3) is 3.84. The summed E-state index contributed by atoms with van der Waals surface area (Å²) in [5, 5.41) is 3.64. The number of aryl methyl sites for hydroxylation is 1. The van der Waals surface area contributed by atoms with Gasteiger partial charge < -0.3 is 10.1 Å². The van der Waals surface area contributed by atoms with Crippen LogP contribution in [0, 0.1) is 6.92 Å². The van der Waals surface area contributed by atoms with Crippen molar-refractivity contribution in [3.63, 3.8) is 0 Å². The van der Waals surface area contributed by atoms with Crippen LogP contribution >= 0.6 is 11.8 Å². The zero-order valence-electron chi connectivity index (χ0n) is 11.4. The summed E-state index contributed by atoms with van der Waals surface area (Å²) in [5.41, 5.74) is 2.41. The van der Waals surface area contributed by atoms with Gasteiger partial charge in [0.2, 0.25) is 0 Å². The Hall–Kier alpha value is -0.830. The second-order valence-corrected chi connectivity index (χ2v) is 6.06. The van der Waals surface area contributed by atoms with Crippen molar-refractivity contribution >= 4 is 17.4 Å². The van der Waals surface area contributed by atoms with Crippen molar-refractivity contribution < 1.29 is 4.74 Å². The first-order chi connectivity index (χ1) is 8.79. The minimum atomic E-state index is 0.593. The summed E-state index contributed by atoms with van der Waals surface area (Å²) in [6.45, 7) is 5.04. The predicted octanol–water partition coefficient (Wildman–Crippen LogP) is 4.09. The molecule has 0 bridgehead atoms. The third-order valence-electron chi connectivity index (χ3n) is 3.12. The van der Waals surface area contributed by atoms with Crippen molar-refractivity contribution in [2.45, 2.75) is 39.2 Å². The van der Waals surface area contributed by atoms with Crippen LogP contribution in [0.1, 0.15) is 31.7 Å². The molecule has 1 saturated heterocycles. The van der Waals surface area contributed by atoms with Gasteiger partial charge in [-0.1, -0.05) is 13.0 Å². The van der Waals surface area contributed by atoms with Gasteiger partial charge in [0.1, 0.15) is 5.75 Å². The SMILES string of the molecule is CCCOc1cc(C)ccc1NC1CCCSC1. The van der Waals surface area contributed by atoms with Crippen LogP contribution in [-0.2, 0) is 0 Å². The molecule has 0 aromatic heterocycles. The molecule has 1 aromatic carbocycles. The van der Waals surface area contributed by atoms with Gasteiger partial charge in [-0.05, 0) is 49.6 Å². The molecule has 1 aromatic rings. The van der Waals surface area contributed by atoms with Crippen LogP contribution in [-0.4, -0.2) is 24.2 Å². The van der Waals surface area contributed by atoms with Gasteiger partial charge in [-0.25, -0.2) is 0 Å². The second kappa shape index (κ2) is 6.93. The lowest BCUT2D eigenvalue weighted by atomic mass is 10.1. The number of benzene rings is 1. The van der Waals surface area contributed by atoms with E-state index in [1.54, 1.807) is 0 Å². The Morgan fingerprint density at radius 1 is 1.44 bits per heavy atom. The number of ether oxygens (including phenoxy) is 1.